The van der Waals surface area contributed by atoms with Gasteiger partial charge in [0.25, 0.3) is 5.91 Å². The van der Waals surface area contributed by atoms with Crippen molar-refractivity contribution in [3.8, 4) is 11.1 Å². The molecule has 0 spiro atoms. The molecule has 0 saturated heterocycles. The van der Waals surface area contributed by atoms with E-state index in [1.807, 2.05) is 68.4 Å². The summed E-state index contributed by atoms with van der Waals surface area (Å²) in [5, 5.41) is 16.8. The van der Waals surface area contributed by atoms with Crippen LogP contribution in [0.4, 0.5) is 10.8 Å². The minimum absolute atomic E-state index is 0.159. The molecule has 1 heterocycles. The van der Waals surface area contributed by atoms with E-state index in [4.69, 9.17) is 11.6 Å². The normalized spacial score (nSPS) is 12.8. The number of carbonyl (C=O) groups excluding carboxylic acids is 1. The summed E-state index contributed by atoms with van der Waals surface area (Å²) in [4.78, 5) is 28.6. The third-order valence-corrected chi connectivity index (χ3v) is 6.90. The van der Waals surface area contributed by atoms with Gasteiger partial charge in [0, 0.05) is 16.3 Å². The van der Waals surface area contributed by atoms with Crippen LogP contribution >= 0.6 is 22.9 Å². The van der Waals surface area contributed by atoms with Crippen molar-refractivity contribution in [2.24, 2.45) is 5.92 Å². The molecule has 0 fully saturated rings. The quantitative estimate of drug-likeness (QED) is 0.257. The number of hydrogen-bond donors (Lipinski definition) is 3. The average molecular weight is 494 g/mol. The molecular formula is C26H24ClN3O3S. The van der Waals surface area contributed by atoms with Gasteiger partial charge in [-0.25, -0.2) is 9.78 Å². The van der Waals surface area contributed by atoms with E-state index in [9.17, 15) is 14.7 Å². The topological polar surface area (TPSA) is 91.3 Å². The van der Waals surface area contributed by atoms with Gasteiger partial charge in [-0.05, 0) is 59.5 Å². The molecule has 2 atom stereocenters. The largest absolute Gasteiger partial charge is 0.480 e. The summed E-state index contributed by atoms with van der Waals surface area (Å²) < 4.78 is 1.02. The highest BCUT2D eigenvalue weighted by molar-refractivity contribution is 7.22. The van der Waals surface area contributed by atoms with Crippen LogP contribution in [0.2, 0.25) is 5.02 Å². The molecule has 3 N–H and O–H groups in total. The number of halogens is 1. The van der Waals surface area contributed by atoms with Crippen LogP contribution in [0.3, 0.4) is 0 Å². The zero-order valence-corrected chi connectivity index (χ0v) is 20.3. The lowest BCUT2D eigenvalue weighted by molar-refractivity contribution is -0.140. The first-order chi connectivity index (χ1) is 16.3. The Kier molecular flexibility index (Phi) is 7.14. The van der Waals surface area contributed by atoms with Crippen molar-refractivity contribution in [1.82, 2.24) is 10.3 Å². The van der Waals surface area contributed by atoms with Crippen molar-refractivity contribution in [2.75, 3.05) is 5.32 Å². The van der Waals surface area contributed by atoms with Crippen molar-refractivity contribution in [2.45, 2.75) is 26.3 Å². The zero-order chi connectivity index (χ0) is 24.2. The predicted octanol–water partition coefficient (Wildman–Crippen LogP) is 6.59. The second-order valence-electron chi connectivity index (χ2n) is 8.09. The second kappa shape index (κ2) is 10.2. The lowest BCUT2D eigenvalue weighted by Crippen LogP contribution is -2.45. The van der Waals surface area contributed by atoms with Crippen LogP contribution in [-0.2, 0) is 4.79 Å². The number of aliphatic carboxylic acids is 1. The molecule has 3 aromatic carbocycles. The molecule has 0 saturated carbocycles. The second-order valence-corrected chi connectivity index (χ2v) is 9.55. The number of benzene rings is 3. The van der Waals surface area contributed by atoms with Gasteiger partial charge in [0.2, 0.25) is 0 Å². The lowest BCUT2D eigenvalue weighted by atomic mass is 9.98. The van der Waals surface area contributed by atoms with Crippen molar-refractivity contribution < 1.29 is 14.7 Å². The van der Waals surface area contributed by atoms with Crippen molar-refractivity contribution in [1.29, 1.82) is 0 Å². The first-order valence-corrected chi connectivity index (χ1v) is 12.1. The SMILES string of the molecule is CCC(C)[C@H](NC(=O)c1ccc(-c2ccc(Nc3nc4ccc(Cl)cc4s3)cc2)cc1)C(=O)O. The van der Waals surface area contributed by atoms with Gasteiger partial charge in [0.15, 0.2) is 5.13 Å². The molecular weight excluding hydrogens is 470 g/mol. The van der Waals surface area contributed by atoms with Crippen LogP contribution in [0.1, 0.15) is 30.6 Å². The highest BCUT2D eigenvalue weighted by atomic mass is 35.5. The number of fused-ring (bicyclic) bond motifs is 1. The van der Waals surface area contributed by atoms with E-state index in [0.717, 1.165) is 32.2 Å². The molecule has 0 radical (unpaired) electrons. The Morgan fingerprint density at radius 1 is 1.03 bits per heavy atom. The van der Waals surface area contributed by atoms with E-state index in [-0.39, 0.29) is 5.92 Å². The van der Waals surface area contributed by atoms with Gasteiger partial charge in [-0.1, -0.05) is 67.5 Å². The van der Waals surface area contributed by atoms with E-state index < -0.39 is 17.9 Å². The molecule has 0 aliphatic carbocycles. The molecule has 8 heteroatoms. The maximum Gasteiger partial charge on any atom is 0.326 e. The smallest absolute Gasteiger partial charge is 0.326 e. The Morgan fingerprint density at radius 2 is 1.68 bits per heavy atom. The standard InChI is InChI=1S/C26H24ClN3O3S/c1-3-15(2)23(25(32)33)30-24(31)18-6-4-16(5-7-18)17-8-11-20(12-9-17)28-26-29-21-13-10-19(27)14-22(21)34-26/h4-15,23H,3H2,1-2H3,(H,28,29)(H,30,31)(H,32,33)/t15?,23-/m0/s1. The number of carbonyl (C=O) groups is 2. The minimum atomic E-state index is -1.03. The van der Waals surface area contributed by atoms with Crippen LogP contribution in [-0.4, -0.2) is 28.0 Å². The summed E-state index contributed by atoms with van der Waals surface area (Å²) in [6, 6.07) is 19.8. The summed E-state index contributed by atoms with van der Waals surface area (Å²) >= 11 is 7.60. The van der Waals surface area contributed by atoms with Gasteiger partial charge in [-0.15, -0.1) is 0 Å². The number of anilines is 2. The van der Waals surface area contributed by atoms with Crippen molar-refractivity contribution in [3.63, 3.8) is 0 Å². The van der Waals surface area contributed by atoms with Gasteiger partial charge in [-0.3, -0.25) is 4.79 Å². The molecule has 0 bridgehead atoms. The first kappa shape index (κ1) is 23.7. The summed E-state index contributed by atoms with van der Waals surface area (Å²) in [7, 11) is 0. The highest BCUT2D eigenvalue weighted by Crippen LogP contribution is 2.31. The average Bonchev–Trinajstić information content (AvgIpc) is 3.23. The number of hydrogen-bond acceptors (Lipinski definition) is 5. The molecule has 1 amide bonds. The van der Waals surface area contributed by atoms with Gasteiger partial charge in [0.1, 0.15) is 6.04 Å². The molecule has 4 rings (SSSR count). The zero-order valence-electron chi connectivity index (χ0n) is 18.7. The number of carboxylic acids is 1. The van der Waals surface area contributed by atoms with E-state index >= 15 is 0 Å². The number of nitrogens with one attached hydrogen (secondary N) is 2. The summed E-state index contributed by atoms with van der Waals surface area (Å²) in [5.41, 5.74) is 4.18. The Morgan fingerprint density at radius 3 is 2.29 bits per heavy atom. The van der Waals surface area contributed by atoms with E-state index in [2.05, 4.69) is 15.6 Å². The Balaban J connectivity index is 1.43. The summed E-state index contributed by atoms with van der Waals surface area (Å²) in [5.74, 6) is -1.58. The number of nitrogens with zero attached hydrogens (tertiary/aromatic N) is 1. The van der Waals surface area contributed by atoms with Crippen LogP contribution < -0.4 is 10.6 Å². The van der Waals surface area contributed by atoms with Crippen molar-refractivity contribution in [3.05, 3.63) is 77.3 Å². The Labute approximate surface area is 206 Å². The van der Waals surface area contributed by atoms with Crippen LogP contribution in [0.15, 0.2) is 66.7 Å². The van der Waals surface area contributed by atoms with Crippen LogP contribution in [0, 0.1) is 5.92 Å². The highest BCUT2D eigenvalue weighted by Gasteiger charge is 2.25. The number of thiazole rings is 1. The molecule has 174 valence electrons. The fourth-order valence-corrected chi connectivity index (χ4v) is 4.71. The third-order valence-electron chi connectivity index (χ3n) is 5.73. The lowest BCUT2D eigenvalue weighted by Gasteiger charge is -2.20. The van der Waals surface area contributed by atoms with Gasteiger partial charge in [0.05, 0.1) is 10.2 Å². The summed E-state index contributed by atoms with van der Waals surface area (Å²) in [6.07, 6.45) is 0.661. The predicted molar refractivity (Wildman–Crippen MR) is 138 cm³/mol. The van der Waals surface area contributed by atoms with Crippen LogP contribution in [0.5, 0.6) is 0 Å². The molecule has 4 aromatic rings. The Bertz CT molecular complexity index is 1320. The summed E-state index contributed by atoms with van der Waals surface area (Å²) in [6.45, 7) is 3.71. The maximum absolute atomic E-state index is 12.5. The van der Waals surface area contributed by atoms with Crippen LogP contribution in [0.25, 0.3) is 21.3 Å². The molecule has 1 aromatic heterocycles. The van der Waals surface area contributed by atoms with Crippen molar-refractivity contribution >= 4 is 55.8 Å². The van der Waals surface area contributed by atoms with Gasteiger partial charge >= 0.3 is 5.97 Å². The fourth-order valence-electron chi connectivity index (χ4n) is 3.54. The molecule has 0 aliphatic heterocycles. The molecule has 34 heavy (non-hydrogen) atoms. The minimum Gasteiger partial charge on any atom is -0.480 e. The monoisotopic (exact) mass is 493 g/mol. The first-order valence-electron chi connectivity index (χ1n) is 10.9. The van der Waals surface area contributed by atoms with Gasteiger partial charge < -0.3 is 15.7 Å². The third kappa shape index (κ3) is 5.38. The molecule has 6 nitrogen and oxygen atoms in total. The van der Waals surface area contributed by atoms with E-state index in [0.29, 0.717) is 17.0 Å². The Hall–Kier alpha value is -3.42. The number of carboxylic acid groups (broad SMARTS) is 1. The van der Waals surface area contributed by atoms with E-state index in [1.54, 1.807) is 12.1 Å². The number of rotatable bonds is 8. The maximum atomic E-state index is 12.5. The number of aromatic nitrogens is 1. The number of amides is 1. The fraction of sp³-hybridized carbons (Fsp3) is 0.192. The van der Waals surface area contributed by atoms with E-state index in [1.165, 1.54) is 11.3 Å². The molecule has 0 aliphatic rings. The van der Waals surface area contributed by atoms with Gasteiger partial charge in [-0.2, -0.15) is 0 Å². The molecule has 1 unspecified atom stereocenters.